The van der Waals surface area contributed by atoms with Gasteiger partial charge in [-0.15, -0.1) is 11.3 Å². The van der Waals surface area contributed by atoms with E-state index in [4.69, 9.17) is 4.74 Å². The molecule has 1 amide bonds. The summed E-state index contributed by atoms with van der Waals surface area (Å²) in [5.74, 6) is 0.629. The summed E-state index contributed by atoms with van der Waals surface area (Å²) >= 11 is 1.65. The molecule has 27 heavy (non-hydrogen) atoms. The molecule has 0 spiro atoms. The van der Waals surface area contributed by atoms with Crippen LogP contribution in [-0.4, -0.2) is 24.0 Å². The number of carbonyl (C=O) groups excluding carboxylic acids is 1. The van der Waals surface area contributed by atoms with Gasteiger partial charge >= 0.3 is 0 Å². The number of aromatic nitrogens is 1. The van der Waals surface area contributed by atoms with Gasteiger partial charge < -0.3 is 10.1 Å². The number of hydrogen-bond donors (Lipinski definition) is 1. The van der Waals surface area contributed by atoms with Gasteiger partial charge in [0.2, 0.25) is 0 Å². The molecule has 0 saturated heterocycles. The average Bonchev–Trinajstić information content (AvgIpc) is 3.13. The highest BCUT2D eigenvalue weighted by atomic mass is 32.1. The van der Waals surface area contributed by atoms with Gasteiger partial charge in [0.1, 0.15) is 5.75 Å². The van der Waals surface area contributed by atoms with Crippen LogP contribution < -0.4 is 10.1 Å². The number of thiazole rings is 1. The summed E-state index contributed by atoms with van der Waals surface area (Å²) in [6, 6.07) is 16.2. The van der Waals surface area contributed by atoms with Crippen LogP contribution in [0.4, 0.5) is 0 Å². The predicted octanol–water partition coefficient (Wildman–Crippen LogP) is 4.42. The maximum atomic E-state index is 12.0. The second kappa shape index (κ2) is 9.33. The topological polar surface area (TPSA) is 51.2 Å². The molecule has 4 nitrogen and oxygen atoms in total. The Morgan fingerprint density at radius 3 is 2.67 bits per heavy atom. The van der Waals surface area contributed by atoms with Crippen molar-refractivity contribution >= 4 is 17.2 Å². The average molecular weight is 381 g/mol. The lowest BCUT2D eigenvalue weighted by Gasteiger charge is -2.09. The van der Waals surface area contributed by atoms with Crippen LogP contribution in [0.1, 0.15) is 23.1 Å². The minimum absolute atomic E-state index is 0.0370. The minimum Gasteiger partial charge on any atom is -0.484 e. The first kappa shape index (κ1) is 19.1. The smallest absolute Gasteiger partial charge is 0.257 e. The van der Waals surface area contributed by atoms with Gasteiger partial charge in [0, 0.05) is 17.5 Å². The fourth-order valence-corrected chi connectivity index (χ4v) is 3.36. The van der Waals surface area contributed by atoms with Crippen molar-refractivity contribution in [2.75, 3.05) is 13.2 Å². The first-order valence-corrected chi connectivity index (χ1v) is 10.0. The maximum absolute atomic E-state index is 12.0. The van der Waals surface area contributed by atoms with Crippen molar-refractivity contribution < 1.29 is 9.53 Å². The van der Waals surface area contributed by atoms with E-state index in [0.717, 1.165) is 34.9 Å². The fourth-order valence-electron chi connectivity index (χ4n) is 2.74. The van der Waals surface area contributed by atoms with Crippen molar-refractivity contribution in [2.45, 2.75) is 26.7 Å². The summed E-state index contributed by atoms with van der Waals surface area (Å²) in [5.41, 5.74) is 4.52. The number of hydrogen-bond acceptors (Lipinski definition) is 4. The molecule has 0 aliphatic rings. The van der Waals surface area contributed by atoms with E-state index in [1.165, 1.54) is 11.1 Å². The summed E-state index contributed by atoms with van der Waals surface area (Å²) in [7, 11) is 0. The number of ether oxygens (including phenoxy) is 1. The van der Waals surface area contributed by atoms with Gasteiger partial charge in [-0.2, -0.15) is 0 Å². The summed E-state index contributed by atoms with van der Waals surface area (Å²) < 4.78 is 5.56. The van der Waals surface area contributed by atoms with Crippen molar-refractivity contribution in [3.05, 3.63) is 70.0 Å². The van der Waals surface area contributed by atoms with Crippen molar-refractivity contribution in [2.24, 2.45) is 0 Å². The molecule has 0 bridgehead atoms. The van der Waals surface area contributed by atoms with Crippen LogP contribution in [-0.2, 0) is 17.6 Å². The van der Waals surface area contributed by atoms with Crippen molar-refractivity contribution in [3.8, 4) is 17.0 Å². The Morgan fingerprint density at radius 2 is 1.96 bits per heavy atom. The Kier molecular flexibility index (Phi) is 6.60. The van der Waals surface area contributed by atoms with E-state index in [-0.39, 0.29) is 12.5 Å². The molecule has 0 unspecified atom stereocenters. The molecule has 0 saturated carbocycles. The Hall–Kier alpha value is -2.66. The molecular weight excluding hydrogens is 356 g/mol. The summed E-state index contributed by atoms with van der Waals surface area (Å²) in [5, 5.41) is 6.05. The molecule has 3 rings (SSSR count). The van der Waals surface area contributed by atoms with E-state index < -0.39 is 0 Å². The predicted molar refractivity (Wildman–Crippen MR) is 110 cm³/mol. The number of rotatable bonds is 8. The SMILES string of the molecule is CCc1cccc(OCC(=O)NCCc2ccc(-c3csc(C)n3)cc2)c1. The van der Waals surface area contributed by atoms with E-state index >= 15 is 0 Å². The third-order valence-corrected chi connectivity index (χ3v) is 5.05. The second-order valence-corrected chi connectivity index (χ2v) is 7.40. The molecule has 140 valence electrons. The third kappa shape index (κ3) is 5.66. The van der Waals surface area contributed by atoms with Gasteiger partial charge in [-0.05, 0) is 43.0 Å². The van der Waals surface area contributed by atoms with E-state index in [1.807, 2.05) is 31.2 Å². The number of carbonyl (C=O) groups is 1. The number of benzene rings is 2. The van der Waals surface area contributed by atoms with Gasteiger partial charge in [-0.3, -0.25) is 4.79 Å². The molecule has 0 fully saturated rings. The molecule has 1 aromatic heterocycles. The van der Waals surface area contributed by atoms with Gasteiger partial charge in [-0.1, -0.05) is 43.3 Å². The fraction of sp³-hybridized carbons (Fsp3) is 0.273. The normalized spacial score (nSPS) is 10.6. The summed E-state index contributed by atoms with van der Waals surface area (Å²) in [6.45, 7) is 4.73. The van der Waals surface area contributed by atoms with Gasteiger partial charge in [0.15, 0.2) is 6.61 Å². The van der Waals surface area contributed by atoms with Gasteiger partial charge in [-0.25, -0.2) is 4.98 Å². The molecule has 1 heterocycles. The largest absolute Gasteiger partial charge is 0.484 e. The van der Waals surface area contributed by atoms with Crippen LogP contribution in [0.25, 0.3) is 11.3 Å². The standard InChI is InChI=1S/C22H24N2O2S/c1-3-17-5-4-6-20(13-17)26-14-22(25)23-12-11-18-7-9-19(10-8-18)21-15-27-16(2)24-21/h4-10,13,15H,3,11-12,14H2,1-2H3,(H,23,25). The van der Waals surface area contributed by atoms with Crippen LogP contribution in [0, 0.1) is 6.92 Å². The first-order valence-electron chi connectivity index (χ1n) is 9.14. The summed E-state index contributed by atoms with van der Waals surface area (Å²) in [4.78, 5) is 16.5. The highest BCUT2D eigenvalue weighted by Crippen LogP contribution is 2.21. The number of nitrogens with zero attached hydrogens (tertiary/aromatic N) is 1. The van der Waals surface area contributed by atoms with Crippen LogP contribution in [0.15, 0.2) is 53.9 Å². The van der Waals surface area contributed by atoms with Crippen LogP contribution >= 0.6 is 11.3 Å². The Bertz CT molecular complexity index is 887. The van der Waals surface area contributed by atoms with E-state index in [1.54, 1.807) is 11.3 Å². The van der Waals surface area contributed by atoms with Crippen molar-refractivity contribution in [1.29, 1.82) is 0 Å². The van der Waals surface area contributed by atoms with E-state index in [9.17, 15) is 4.79 Å². The lowest BCUT2D eigenvalue weighted by molar-refractivity contribution is -0.123. The molecule has 0 radical (unpaired) electrons. The maximum Gasteiger partial charge on any atom is 0.257 e. The van der Waals surface area contributed by atoms with E-state index in [2.05, 4.69) is 46.9 Å². The Labute approximate surface area is 164 Å². The van der Waals surface area contributed by atoms with Crippen LogP contribution in [0.5, 0.6) is 5.75 Å². The highest BCUT2D eigenvalue weighted by Gasteiger charge is 2.05. The number of amides is 1. The Balaban J connectivity index is 1.41. The third-order valence-electron chi connectivity index (χ3n) is 4.28. The van der Waals surface area contributed by atoms with Crippen molar-refractivity contribution in [1.82, 2.24) is 10.3 Å². The molecule has 1 N–H and O–H groups in total. The second-order valence-electron chi connectivity index (χ2n) is 6.34. The minimum atomic E-state index is -0.105. The first-order chi connectivity index (χ1) is 13.1. The van der Waals surface area contributed by atoms with E-state index in [0.29, 0.717) is 6.54 Å². The van der Waals surface area contributed by atoms with Crippen LogP contribution in [0.2, 0.25) is 0 Å². The van der Waals surface area contributed by atoms with Gasteiger partial charge in [0.25, 0.3) is 5.91 Å². The lowest BCUT2D eigenvalue weighted by Crippen LogP contribution is -2.30. The molecule has 0 aliphatic carbocycles. The molecular formula is C22H24N2O2S. The van der Waals surface area contributed by atoms with Crippen molar-refractivity contribution in [3.63, 3.8) is 0 Å². The molecule has 2 aromatic carbocycles. The Morgan fingerprint density at radius 1 is 1.15 bits per heavy atom. The van der Waals surface area contributed by atoms with Gasteiger partial charge in [0.05, 0.1) is 10.7 Å². The molecule has 5 heteroatoms. The quantitative estimate of drug-likeness (QED) is 0.629. The zero-order valence-electron chi connectivity index (χ0n) is 15.7. The zero-order chi connectivity index (χ0) is 19.1. The summed E-state index contributed by atoms with van der Waals surface area (Å²) in [6.07, 6.45) is 1.73. The highest BCUT2D eigenvalue weighted by molar-refractivity contribution is 7.09. The number of aryl methyl sites for hydroxylation is 2. The zero-order valence-corrected chi connectivity index (χ0v) is 16.5. The number of nitrogens with one attached hydrogen (secondary N) is 1. The monoisotopic (exact) mass is 380 g/mol. The molecule has 0 atom stereocenters. The lowest BCUT2D eigenvalue weighted by atomic mass is 10.1. The molecule has 3 aromatic rings. The molecule has 0 aliphatic heterocycles. The van der Waals surface area contributed by atoms with Crippen LogP contribution in [0.3, 0.4) is 0 Å².